The molecule has 4 rings (SSSR count). The van der Waals surface area contributed by atoms with Crippen LogP contribution in [0.4, 0.5) is 5.82 Å². The second-order valence-corrected chi connectivity index (χ2v) is 7.66. The van der Waals surface area contributed by atoms with Crippen molar-refractivity contribution in [2.75, 3.05) is 31.1 Å². The van der Waals surface area contributed by atoms with Crippen molar-refractivity contribution < 1.29 is 9.84 Å². The first-order chi connectivity index (χ1) is 13.1. The molecule has 0 spiro atoms. The van der Waals surface area contributed by atoms with Gasteiger partial charge in [0.15, 0.2) is 5.75 Å². The van der Waals surface area contributed by atoms with E-state index in [0.29, 0.717) is 17.7 Å². The van der Waals surface area contributed by atoms with Crippen molar-refractivity contribution in [1.29, 1.82) is 0 Å². The lowest BCUT2D eigenvalue weighted by Gasteiger charge is -2.51. The molecule has 2 aromatic heterocycles. The van der Waals surface area contributed by atoms with Gasteiger partial charge in [-0.15, -0.1) is 0 Å². The summed E-state index contributed by atoms with van der Waals surface area (Å²) in [5.74, 6) is 2.14. The molecule has 2 fully saturated rings. The van der Waals surface area contributed by atoms with Crippen LogP contribution in [0.2, 0.25) is 0 Å². The van der Waals surface area contributed by atoms with Crippen LogP contribution >= 0.6 is 0 Å². The first kappa shape index (κ1) is 18.1. The minimum atomic E-state index is -0.102. The molecular formula is C20H27N5O2. The van der Waals surface area contributed by atoms with Gasteiger partial charge in [0.25, 0.3) is 0 Å². The van der Waals surface area contributed by atoms with Crippen LogP contribution in [-0.2, 0) is 0 Å². The van der Waals surface area contributed by atoms with Crippen molar-refractivity contribution in [2.24, 2.45) is 5.41 Å². The summed E-state index contributed by atoms with van der Waals surface area (Å²) in [6.45, 7) is 6.85. The van der Waals surface area contributed by atoms with Gasteiger partial charge in [-0.1, -0.05) is 0 Å². The predicted molar refractivity (Wildman–Crippen MR) is 103 cm³/mol. The van der Waals surface area contributed by atoms with E-state index in [9.17, 15) is 5.11 Å². The zero-order valence-electron chi connectivity index (χ0n) is 16.0. The molecule has 2 N–H and O–H groups in total. The average Bonchev–Trinajstić information content (AvgIpc) is 2.70. The maximum atomic E-state index is 10.2. The van der Waals surface area contributed by atoms with Crippen molar-refractivity contribution in [3.63, 3.8) is 0 Å². The van der Waals surface area contributed by atoms with Crippen molar-refractivity contribution in [2.45, 2.75) is 39.2 Å². The number of ether oxygens (including phenoxy) is 1. The summed E-state index contributed by atoms with van der Waals surface area (Å²) < 4.78 is 6.03. The van der Waals surface area contributed by atoms with Gasteiger partial charge in [0.1, 0.15) is 12.1 Å². The number of anilines is 1. The maximum Gasteiger partial charge on any atom is 0.227 e. The number of aryl methyl sites for hydroxylation is 1. The van der Waals surface area contributed by atoms with Crippen LogP contribution in [0.1, 0.15) is 30.5 Å². The highest BCUT2D eigenvalue weighted by molar-refractivity contribution is 5.52. The van der Waals surface area contributed by atoms with Crippen molar-refractivity contribution in [3.8, 4) is 11.6 Å². The molecule has 0 aliphatic carbocycles. The van der Waals surface area contributed by atoms with Gasteiger partial charge in [0.2, 0.25) is 5.88 Å². The lowest BCUT2D eigenvalue weighted by molar-refractivity contribution is 0.0403. The summed E-state index contributed by atoms with van der Waals surface area (Å²) in [4.78, 5) is 15.4. The second-order valence-electron chi connectivity index (χ2n) is 7.66. The molecule has 2 saturated heterocycles. The highest BCUT2D eigenvalue weighted by atomic mass is 16.5. The number of pyridine rings is 1. The molecule has 0 bridgehead atoms. The average molecular weight is 369 g/mol. The first-order valence-electron chi connectivity index (χ1n) is 9.63. The molecule has 2 aliphatic heterocycles. The zero-order chi connectivity index (χ0) is 18.9. The number of aliphatic hydroxyl groups excluding tert-OH is 1. The minimum Gasteiger partial charge on any atom is -0.437 e. The largest absolute Gasteiger partial charge is 0.437 e. The quantitative estimate of drug-likeness (QED) is 0.855. The Morgan fingerprint density at radius 1 is 1.33 bits per heavy atom. The van der Waals surface area contributed by atoms with Gasteiger partial charge < -0.3 is 20.1 Å². The summed E-state index contributed by atoms with van der Waals surface area (Å²) in [5.41, 5.74) is 1.64. The van der Waals surface area contributed by atoms with E-state index < -0.39 is 0 Å². The van der Waals surface area contributed by atoms with Crippen LogP contribution in [0.25, 0.3) is 0 Å². The standard InChI is InChI=1S/C20H27N5O2/c1-14-18(23-13-24-19(14)27-16-5-3-8-21-15(16)2)25-10-6-17-20(11-25,12-26)7-4-9-22-17/h3,5,8,13,17,22,26H,4,6-7,9-12H2,1-2H3/t17-,20-/m1/s1. The number of nitrogens with zero attached hydrogens (tertiary/aromatic N) is 4. The lowest BCUT2D eigenvalue weighted by atomic mass is 9.71. The van der Waals surface area contributed by atoms with Gasteiger partial charge in [-0.3, -0.25) is 4.98 Å². The minimum absolute atomic E-state index is 0.102. The van der Waals surface area contributed by atoms with E-state index in [1.807, 2.05) is 26.0 Å². The number of hydrogen-bond acceptors (Lipinski definition) is 7. The second kappa shape index (κ2) is 7.40. The molecule has 7 heteroatoms. The zero-order valence-corrected chi connectivity index (χ0v) is 16.0. The number of nitrogens with one attached hydrogen (secondary N) is 1. The van der Waals surface area contributed by atoms with E-state index in [4.69, 9.17) is 4.74 Å². The number of fused-ring (bicyclic) bond motifs is 1. The van der Waals surface area contributed by atoms with E-state index in [-0.39, 0.29) is 12.0 Å². The van der Waals surface area contributed by atoms with Crippen LogP contribution in [0.5, 0.6) is 11.6 Å². The number of hydrogen-bond donors (Lipinski definition) is 2. The Bertz CT molecular complexity index is 815. The highest BCUT2D eigenvalue weighted by Gasteiger charge is 2.45. The fourth-order valence-corrected chi connectivity index (χ4v) is 4.40. The molecule has 7 nitrogen and oxygen atoms in total. The molecular weight excluding hydrogens is 342 g/mol. The molecule has 0 radical (unpaired) electrons. The lowest BCUT2D eigenvalue weighted by Crippen LogP contribution is -2.61. The third kappa shape index (κ3) is 3.37. The van der Waals surface area contributed by atoms with Gasteiger partial charge in [0.05, 0.1) is 17.9 Å². The Hall–Kier alpha value is -2.25. The van der Waals surface area contributed by atoms with Crippen LogP contribution in [0.3, 0.4) is 0 Å². The number of rotatable bonds is 4. The number of piperidine rings is 2. The molecule has 0 aromatic carbocycles. The van der Waals surface area contributed by atoms with Crippen LogP contribution in [0.15, 0.2) is 24.7 Å². The van der Waals surface area contributed by atoms with E-state index in [1.54, 1.807) is 12.5 Å². The SMILES string of the molecule is Cc1ncccc1Oc1ncnc(N2CC[C@H]3NCCC[C@]3(CO)C2)c1C. The van der Waals surface area contributed by atoms with Crippen LogP contribution in [0, 0.1) is 19.3 Å². The molecule has 2 aliphatic rings. The smallest absolute Gasteiger partial charge is 0.227 e. The molecule has 2 aromatic rings. The Morgan fingerprint density at radius 2 is 2.22 bits per heavy atom. The van der Waals surface area contributed by atoms with Crippen molar-refractivity contribution >= 4 is 5.82 Å². The third-order valence-electron chi connectivity index (χ3n) is 5.97. The predicted octanol–water partition coefficient (Wildman–Crippen LogP) is 2.22. The van der Waals surface area contributed by atoms with Crippen molar-refractivity contribution in [3.05, 3.63) is 35.9 Å². The van der Waals surface area contributed by atoms with Gasteiger partial charge in [-0.2, -0.15) is 0 Å². The Labute approximate surface area is 159 Å². The van der Waals surface area contributed by atoms with E-state index >= 15 is 0 Å². The summed E-state index contributed by atoms with van der Waals surface area (Å²) >= 11 is 0. The Balaban J connectivity index is 1.60. The van der Waals surface area contributed by atoms with Crippen molar-refractivity contribution in [1.82, 2.24) is 20.3 Å². The van der Waals surface area contributed by atoms with E-state index in [0.717, 1.165) is 56.0 Å². The third-order valence-corrected chi connectivity index (χ3v) is 5.97. The molecule has 0 saturated carbocycles. The van der Waals surface area contributed by atoms with Gasteiger partial charge in [0, 0.05) is 30.7 Å². The summed E-state index contributed by atoms with van der Waals surface area (Å²) in [7, 11) is 0. The normalized spacial score (nSPS) is 25.1. The van der Waals surface area contributed by atoms with Crippen LogP contribution < -0.4 is 15.0 Å². The molecule has 2 atom stereocenters. The molecule has 4 heterocycles. The molecule has 0 amide bonds. The Kier molecular flexibility index (Phi) is 4.97. The van der Waals surface area contributed by atoms with E-state index in [2.05, 4.69) is 25.2 Å². The maximum absolute atomic E-state index is 10.2. The fourth-order valence-electron chi connectivity index (χ4n) is 4.40. The number of aliphatic hydroxyl groups is 1. The first-order valence-corrected chi connectivity index (χ1v) is 9.63. The summed E-state index contributed by atoms with van der Waals surface area (Å²) in [6.07, 6.45) is 6.45. The summed E-state index contributed by atoms with van der Waals surface area (Å²) in [6, 6.07) is 4.12. The fraction of sp³-hybridized carbons (Fsp3) is 0.550. The molecule has 27 heavy (non-hydrogen) atoms. The Morgan fingerprint density at radius 3 is 3.04 bits per heavy atom. The van der Waals surface area contributed by atoms with Gasteiger partial charge in [-0.05, 0) is 51.8 Å². The molecule has 144 valence electrons. The van der Waals surface area contributed by atoms with Gasteiger partial charge >= 0.3 is 0 Å². The number of aromatic nitrogens is 3. The van der Waals surface area contributed by atoms with Crippen LogP contribution in [-0.4, -0.2) is 52.3 Å². The topological polar surface area (TPSA) is 83.4 Å². The molecule has 0 unspecified atom stereocenters. The monoisotopic (exact) mass is 369 g/mol. The summed E-state index contributed by atoms with van der Waals surface area (Å²) in [5, 5.41) is 13.8. The van der Waals surface area contributed by atoms with E-state index in [1.165, 1.54) is 0 Å². The highest BCUT2D eigenvalue weighted by Crippen LogP contribution is 2.39. The van der Waals surface area contributed by atoms with Gasteiger partial charge in [-0.25, -0.2) is 9.97 Å².